The van der Waals surface area contributed by atoms with Crippen molar-refractivity contribution in [3.63, 3.8) is 0 Å². The van der Waals surface area contributed by atoms with Crippen LogP contribution in [0.15, 0.2) is 12.2 Å². The van der Waals surface area contributed by atoms with Gasteiger partial charge in [-0.3, -0.25) is 14.4 Å². The van der Waals surface area contributed by atoms with Crippen molar-refractivity contribution in [2.75, 3.05) is 0 Å². The number of hydrogen-bond donors (Lipinski definition) is 0. The Morgan fingerprint density at radius 3 is 2.11 bits per heavy atom. The summed E-state index contributed by atoms with van der Waals surface area (Å²) in [6.07, 6.45) is 10.4. The normalized spacial score (nSPS) is 49.5. The zero-order chi connectivity index (χ0) is 27.8. The fourth-order valence-corrected chi connectivity index (χ4v) is 11.7. The summed E-state index contributed by atoms with van der Waals surface area (Å²) in [6.45, 7) is 19.4. The Hall–Kier alpha value is -1.65. The van der Waals surface area contributed by atoms with E-state index in [1.54, 1.807) is 0 Å². The quantitative estimate of drug-likeness (QED) is 0.220. The molecule has 0 bridgehead atoms. The van der Waals surface area contributed by atoms with E-state index in [0.29, 0.717) is 29.6 Å². The molecule has 11 atom stereocenters. The topological polar surface area (TPSA) is 69.7 Å². The molecule has 5 saturated carbocycles. The molecule has 0 spiro atoms. The van der Waals surface area contributed by atoms with Crippen molar-refractivity contribution in [2.24, 2.45) is 57.2 Å². The van der Waals surface area contributed by atoms with Gasteiger partial charge in [0, 0.05) is 13.8 Å². The van der Waals surface area contributed by atoms with E-state index in [0.717, 1.165) is 44.9 Å². The van der Waals surface area contributed by atoms with E-state index < -0.39 is 11.4 Å². The van der Waals surface area contributed by atoms with Crippen LogP contribution in [0.1, 0.15) is 113 Å². The lowest BCUT2D eigenvalue weighted by Gasteiger charge is -2.71. The predicted molar refractivity (Wildman–Crippen MR) is 147 cm³/mol. The van der Waals surface area contributed by atoms with Crippen molar-refractivity contribution >= 4 is 17.9 Å². The molecule has 0 N–H and O–H groups in total. The first-order valence-corrected chi connectivity index (χ1v) is 15.3. The highest BCUT2D eigenvalue weighted by atomic mass is 16.6. The number of fused-ring (bicyclic) bond motifs is 7. The van der Waals surface area contributed by atoms with Crippen LogP contribution in [0.3, 0.4) is 0 Å². The van der Waals surface area contributed by atoms with Crippen LogP contribution in [0, 0.1) is 57.2 Å². The molecule has 0 aromatic heterocycles. The molecule has 0 aromatic rings. The van der Waals surface area contributed by atoms with Crippen molar-refractivity contribution in [3.8, 4) is 0 Å². The Kier molecular flexibility index (Phi) is 6.75. The SMILES string of the molecule is C=C(C)C1CC[C@]2(C(=O)OC(C)=O)CC[C@]3(C)C(CCC4[C@@]5(C)CC[C@H](OC(C)=O)[C@H](C)C5CC[C@]43C)C12. The van der Waals surface area contributed by atoms with Gasteiger partial charge in [0.05, 0.1) is 5.41 Å². The zero-order valence-electron chi connectivity index (χ0n) is 24.9. The van der Waals surface area contributed by atoms with Gasteiger partial charge in [-0.15, -0.1) is 0 Å². The zero-order valence-corrected chi connectivity index (χ0v) is 24.9. The second-order valence-corrected chi connectivity index (χ2v) is 14.8. The highest BCUT2D eigenvalue weighted by molar-refractivity contribution is 5.88. The van der Waals surface area contributed by atoms with E-state index in [1.807, 2.05) is 0 Å². The van der Waals surface area contributed by atoms with Crippen LogP contribution in [-0.2, 0) is 23.9 Å². The maximum atomic E-state index is 13.6. The smallest absolute Gasteiger partial charge is 0.320 e. The number of rotatable bonds is 3. The largest absolute Gasteiger partial charge is 0.462 e. The minimum Gasteiger partial charge on any atom is -0.462 e. The third-order valence-electron chi connectivity index (χ3n) is 13.6. The number of ether oxygens (including phenoxy) is 2. The average Bonchev–Trinajstić information content (AvgIpc) is 3.22. The van der Waals surface area contributed by atoms with Crippen molar-refractivity contribution in [1.82, 2.24) is 0 Å². The van der Waals surface area contributed by atoms with Crippen LogP contribution in [0.4, 0.5) is 0 Å². The summed E-state index contributed by atoms with van der Waals surface area (Å²) in [5, 5.41) is 0. The highest BCUT2D eigenvalue weighted by Crippen LogP contribution is 2.77. The Labute approximate surface area is 229 Å². The number of carbonyl (C=O) groups excluding carboxylic acids is 3. The number of allylic oxidation sites excluding steroid dienone is 1. The minimum absolute atomic E-state index is 0.0410. The molecule has 5 rings (SSSR count). The summed E-state index contributed by atoms with van der Waals surface area (Å²) >= 11 is 0. The third-order valence-corrected chi connectivity index (χ3v) is 13.6. The van der Waals surface area contributed by atoms with Gasteiger partial charge in [0.1, 0.15) is 6.10 Å². The monoisotopic (exact) mass is 526 g/mol. The van der Waals surface area contributed by atoms with Gasteiger partial charge in [0.25, 0.3) is 0 Å². The van der Waals surface area contributed by atoms with Crippen LogP contribution >= 0.6 is 0 Å². The standard InChI is InChI=1S/C33H50O5/c1-19(2)23-11-16-33(29(36)38-22(5)35)18-17-31(7)25(28(23)33)9-10-27-30(6)14-13-26(37-21(4)34)20(3)24(30)12-15-32(27,31)8/h20,23-28H,1,9-18H2,2-8H3/t20-,23?,24?,25?,26+,27?,28?,30+,31-,32-,33+/m1/s1. The Bertz CT molecular complexity index is 1030. The number of hydrogen-bond acceptors (Lipinski definition) is 5. The number of carbonyl (C=O) groups is 3. The summed E-state index contributed by atoms with van der Waals surface area (Å²) in [4.78, 5) is 37.3. The second-order valence-electron chi connectivity index (χ2n) is 14.8. The van der Waals surface area contributed by atoms with Gasteiger partial charge in [-0.2, -0.15) is 0 Å². The first kappa shape index (κ1) is 27.9. The first-order valence-electron chi connectivity index (χ1n) is 15.3. The van der Waals surface area contributed by atoms with Crippen LogP contribution in [0.25, 0.3) is 0 Å². The van der Waals surface area contributed by atoms with Crippen molar-refractivity contribution in [1.29, 1.82) is 0 Å². The molecule has 5 nitrogen and oxygen atoms in total. The Balaban J connectivity index is 1.50. The predicted octanol–water partition coefficient (Wildman–Crippen LogP) is 7.28. The van der Waals surface area contributed by atoms with Gasteiger partial charge in [0.2, 0.25) is 0 Å². The molecule has 5 heteroatoms. The van der Waals surface area contributed by atoms with Crippen LogP contribution < -0.4 is 0 Å². The van der Waals surface area contributed by atoms with E-state index >= 15 is 0 Å². The molecule has 5 fully saturated rings. The summed E-state index contributed by atoms with van der Waals surface area (Å²) in [5.41, 5.74) is 1.18. The summed E-state index contributed by atoms with van der Waals surface area (Å²) in [5.74, 6) is 1.59. The summed E-state index contributed by atoms with van der Waals surface area (Å²) in [6, 6.07) is 0. The van der Waals surface area contributed by atoms with E-state index in [2.05, 4.69) is 41.2 Å². The molecule has 0 saturated heterocycles. The van der Waals surface area contributed by atoms with E-state index in [4.69, 9.17) is 9.47 Å². The lowest BCUT2D eigenvalue weighted by atomic mass is 9.33. The van der Waals surface area contributed by atoms with Gasteiger partial charge in [0.15, 0.2) is 0 Å². The van der Waals surface area contributed by atoms with Gasteiger partial charge in [-0.1, -0.05) is 39.8 Å². The first-order chi connectivity index (χ1) is 17.7. The lowest BCUT2D eigenvalue weighted by molar-refractivity contribution is -0.238. The van der Waals surface area contributed by atoms with Gasteiger partial charge in [-0.05, 0) is 123 Å². The fourth-order valence-electron chi connectivity index (χ4n) is 11.7. The van der Waals surface area contributed by atoms with Crippen molar-refractivity contribution < 1.29 is 23.9 Å². The van der Waals surface area contributed by atoms with Gasteiger partial charge < -0.3 is 9.47 Å². The Morgan fingerprint density at radius 1 is 0.763 bits per heavy atom. The van der Waals surface area contributed by atoms with E-state index in [9.17, 15) is 14.4 Å². The molecule has 0 aliphatic heterocycles. The molecule has 0 amide bonds. The molecule has 5 aliphatic carbocycles. The summed E-state index contributed by atoms with van der Waals surface area (Å²) in [7, 11) is 0. The highest BCUT2D eigenvalue weighted by Gasteiger charge is 2.71. The van der Waals surface area contributed by atoms with Gasteiger partial charge in [-0.25, -0.2) is 0 Å². The fraction of sp³-hybridized carbons (Fsp3) is 0.848. The maximum absolute atomic E-state index is 13.6. The molecule has 5 unspecified atom stereocenters. The average molecular weight is 527 g/mol. The third kappa shape index (κ3) is 3.72. The van der Waals surface area contributed by atoms with Crippen LogP contribution in [0.5, 0.6) is 0 Å². The minimum atomic E-state index is -0.555. The van der Waals surface area contributed by atoms with Crippen molar-refractivity contribution in [3.05, 3.63) is 12.2 Å². The van der Waals surface area contributed by atoms with Crippen LogP contribution in [-0.4, -0.2) is 24.0 Å². The molecule has 5 aliphatic rings. The second kappa shape index (κ2) is 9.20. The number of esters is 3. The van der Waals surface area contributed by atoms with E-state index in [-0.39, 0.29) is 40.2 Å². The molecule has 0 radical (unpaired) electrons. The Morgan fingerprint density at radius 2 is 1.47 bits per heavy atom. The molecular weight excluding hydrogens is 476 g/mol. The van der Waals surface area contributed by atoms with Crippen molar-refractivity contribution in [2.45, 2.75) is 119 Å². The van der Waals surface area contributed by atoms with Crippen LogP contribution in [0.2, 0.25) is 0 Å². The summed E-state index contributed by atoms with van der Waals surface area (Å²) < 4.78 is 11.2. The molecule has 38 heavy (non-hydrogen) atoms. The maximum Gasteiger partial charge on any atom is 0.320 e. The molecule has 0 aromatic carbocycles. The molecule has 212 valence electrons. The van der Waals surface area contributed by atoms with E-state index in [1.165, 1.54) is 38.7 Å². The lowest BCUT2D eigenvalue weighted by Crippen LogP contribution is -2.66. The molecular formula is C33H50O5. The van der Waals surface area contributed by atoms with Gasteiger partial charge >= 0.3 is 17.9 Å². The molecule has 0 heterocycles.